The fraction of sp³-hybridized carbons (Fsp3) is 0.500. The van der Waals surface area contributed by atoms with E-state index in [1.54, 1.807) is 16.7 Å². The van der Waals surface area contributed by atoms with Crippen LogP contribution < -0.4 is 0 Å². The lowest BCUT2D eigenvalue weighted by atomic mass is 9.87. The first-order valence-corrected chi connectivity index (χ1v) is 8.83. The molecule has 1 N–H and O–H groups in total. The molecule has 1 fully saturated rings. The number of carbonyl (C=O) groups is 2. The number of likely N-dealkylation sites (tertiary alicyclic amines) is 1. The summed E-state index contributed by atoms with van der Waals surface area (Å²) in [5.74, 6) is 0.213. The van der Waals surface area contributed by atoms with Crippen molar-refractivity contribution in [2.24, 2.45) is 11.8 Å². The number of thioether (sulfide) groups is 1. The maximum absolute atomic E-state index is 12.2. The summed E-state index contributed by atoms with van der Waals surface area (Å²) in [6.45, 7) is 2.98. The van der Waals surface area contributed by atoms with E-state index in [2.05, 4.69) is 0 Å². The van der Waals surface area contributed by atoms with Crippen LogP contribution in [0.3, 0.4) is 0 Å². The molecule has 1 aromatic rings. The second kappa shape index (κ2) is 7.88. The van der Waals surface area contributed by atoms with Crippen molar-refractivity contribution in [2.75, 3.05) is 18.8 Å². The van der Waals surface area contributed by atoms with E-state index in [9.17, 15) is 9.59 Å². The highest BCUT2D eigenvalue weighted by atomic mass is 35.5. The van der Waals surface area contributed by atoms with Crippen molar-refractivity contribution in [3.8, 4) is 0 Å². The van der Waals surface area contributed by atoms with Crippen molar-refractivity contribution >= 4 is 35.2 Å². The van der Waals surface area contributed by atoms with Gasteiger partial charge in [0, 0.05) is 23.9 Å². The highest BCUT2D eigenvalue weighted by molar-refractivity contribution is 7.99. The van der Waals surface area contributed by atoms with Crippen LogP contribution in [0, 0.1) is 11.8 Å². The van der Waals surface area contributed by atoms with E-state index in [1.165, 1.54) is 0 Å². The van der Waals surface area contributed by atoms with Crippen molar-refractivity contribution in [3.05, 3.63) is 34.9 Å². The van der Waals surface area contributed by atoms with Gasteiger partial charge in [-0.1, -0.05) is 30.7 Å². The first kappa shape index (κ1) is 17.2. The zero-order chi connectivity index (χ0) is 16.1. The first-order chi connectivity index (χ1) is 10.5. The molecule has 0 spiro atoms. The van der Waals surface area contributed by atoms with Gasteiger partial charge in [0.25, 0.3) is 0 Å². The summed E-state index contributed by atoms with van der Waals surface area (Å²) >= 11 is 7.41. The van der Waals surface area contributed by atoms with Gasteiger partial charge < -0.3 is 10.0 Å². The van der Waals surface area contributed by atoms with Gasteiger partial charge in [0.1, 0.15) is 0 Å². The van der Waals surface area contributed by atoms with Gasteiger partial charge in [-0.05, 0) is 30.0 Å². The van der Waals surface area contributed by atoms with Gasteiger partial charge in [-0.25, -0.2) is 0 Å². The van der Waals surface area contributed by atoms with Gasteiger partial charge in [0.05, 0.1) is 11.7 Å². The lowest BCUT2D eigenvalue weighted by Crippen LogP contribution is -2.45. The van der Waals surface area contributed by atoms with Gasteiger partial charge >= 0.3 is 5.97 Å². The number of rotatable bonds is 5. The molecule has 2 atom stereocenters. The van der Waals surface area contributed by atoms with E-state index in [0.717, 1.165) is 11.3 Å². The molecule has 0 bridgehead atoms. The summed E-state index contributed by atoms with van der Waals surface area (Å²) in [6, 6.07) is 7.61. The highest BCUT2D eigenvalue weighted by Gasteiger charge is 2.32. The Kier molecular flexibility index (Phi) is 6.15. The van der Waals surface area contributed by atoms with Crippen LogP contribution in [0.25, 0.3) is 0 Å². The van der Waals surface area contributed by atoms with Crippen LogP contribution in [0.4, 0.5) is 0 Å². The van der Waals surface area contributed by atoms with Crippen molar-refractivity contribution < 1.29 is 14.7 Å². The molecule has 6 heteroatoms. The number of aliphatic carboxylic acids is 1. The van der Waals surface area contributed by atoms with Gasteiger partial charge in [-0.3, -0.25) is 9.59 Å². The summed E-state index contributed by atoms with van der Waals surface area (Å²) in [7, 11) is 0. The normalized spacial score (nSPS) is 21.6. The van der Waals surface area contributed by atoms with Crippen LogP contribution in [0.2, 0.25) is 5.02 Å². The SMILES string of the molecule is CC1CN(C(=O)CSCc2ccc(Cl)cc2)CCC1C(=O)O. The Hall–Kier alpha value is -1.20. The molecule has 0 aliphatic carbocycles. The molecule has 120 valence electrons. The molecule has 2 rings (SSSR count). The van der Waals surface area contributed by atoms with Crippen LogP contribution in [0.1, 0.15) is 18.9 Å². The van der Waals surface area contributed by atoms with Crippen molar-refractivity contribution in [2.45, 2.75) is 19.1 Å². The van der Waals surface area contributed by atoms with E-state index in [1.807, 2.05) is 31.2 Å². The molecular formula is C16H20ClNO3S. The van der Waals surface area contributed by atoms with Crippen LogP contribution in [0.5, 0.6) is 0 Å². The average molecular weight is 342 g/mol. The quantitative estimate of drug-likeness (QED) is 0.893. The van der Waals surface area contributed by atoms with E-state index >= 15 is 0 Å². The lowest BCUT2D eigenvalue weighted by molar-refractivity contribution is -0.147. The summed E-state index contributed by atoms with van der Waals surface area (Å²) in [4.78, 5) is 25.1. The van der Waals surface area contributed by atoms with E-state index < -0.39 is 5.97 Å². The summed E-state index contributed by atoms with van der Waals surface area (Å²) in [6.07, 6.45) is 0.546. The summed E-state index contributed by atoms with van der Waals surface area (Å²) in [5.41, 5.74) is 1.14. The Bertz CT molecular complexity index is 535. The second-order valence-electron chi connectivity index (χ2n) is 5.67. The Labute approximate surface area is 139 Å². The number of piperidine rings is 1. The average Bonchev–Trinajstić information content (AvgIpc) is 2.48. The Morgan fingerprint density at radius 3 is 2.64 bits per heavy atom. The third-order valence-corrected chi connectivity index (χ3v) is 5.22. The smallest absolute Gasteiger partial charge is 0.306 e. The lowest BCUT2D eigenvalue weighted by Gasteiger charge is -2.34. The number of benzene rings is 1. The molecule has 0 radical (unpaired) electrons. The minimum atomic E-state index is -0.753. The third-order valence-electron chi connectivity index (χ3n) is 3.98. The fourth-order valence-corrected chi connectivity index (χ4v) is 3.68. The molecule has 0 aromatic heterocycles. The number of amides is 1. The number of hydrogen-bond acceptors (Lipinski definition) is 3. The number of carboxylic acids is 1. The van der Waals surface area contributed by atoms with E-state index in [-0.39, 0.29) is 17.7 Å². The number of carboxylic acid groups (broad SMARTS) is 1. The number of halogens is 1. The van der Waals surface area contributed by atoms with Gasteiger partial charge in [0.15, 0.2) is 0 Å². The Morgan fingerprint density at radius 1 is 1.36 bits per heavy atom. The highest BCUT2D eigenvalue weighted by Crippen LogP contribution is 2.24. The van der Waals surface area contributed by atoms with Crippen LogP contribution >= 0.6 is 23.4 Å². The predicted octanol–water partition coefficient (Wildman–Crippen LogP) is 3.14. The molecule has 1 heterocycles. The zero-order valence-electron chi connectivity index (χ0n) is 12.5. The van der Waals surface area contributed by atoms with Gasteiger partial charge in [-0.2, -0.15) is 0 Å². The van der Waals surface area contributed by atoms with Crippen molar-refractivity contribution in [1.29, 1.82) is 0 Å². The van der Waals surface area contributed by atoms with Gasteiger partial charge in [0.2, 0.25) is 5.91 Å². The molecule has 4 nitrogen and oxygen atoms in total. The standard InChI is InChI=1S/C16H20ClNO3S/c1-11-8-18(7-6-14(11)16(20)21)15(19)10-22-9-12-2-4-13(17)5-3-12/h2-5,11,14H,6-10H2,1H3,(H,20,21). The second-order valence-corrected chi connectivity index (χ2v) is 7.09. The largest absolute Gasteiger partial charge is 0.481 e. The first-order valence-electron chi connectivity index (χ1n) is 7.30. The van der Waals surface area contributed by atoms with Crippen LogP contribution in [-0.4, -0.2) is 40.7 Å². The third kappa shape index (κ3) is 4.65. The van der Waals surface area contributed by atoms with Gasteiger partial charge in [-0.15, -0.1) is 11.8 Å². The van der Waals surface area contributed by atoms with E-state index in [0.29, 0.717) is 30.3 Å². The molecule has 2 unspecified atom stereocenters. The molecule has 1 aliphatic rings. The minimum absolute atomic E-state index is 0.0106. The molecule has 1 aliphatic heterocycles. The minimum Gasteiger partial charge on any atom is -0.481 e. The molecule has 0 saturated carbocycles. The monoisotopic (exact) mass is 341 g/mol. The van der Waals surface area contributed by atoms with Crippen molar-refractivity contribution in [1.82, 2.24) is 4.90 Å². The zero-order valence-corrected chi connectivity index (χ0v) is 14.1. The van der Waals surface area contributed by atoms with E-state index in [4.69, 9.17) is 16.7 Å². The maximum Gasteiger partial charge on any atom is 0.306 e. The van der Waals surface area contributed by atoms with Crippen LogP contribution in [-0.2, 0) is 15.3 Å². The summed E-state index contributed by atoms with van der Waals surface area (Å²) < 4.78 is 0. The molecular weight excluding hydrogens is 322 g/mol. The predicted molar refractivity (Wildman–Crippen MR) is 89.1 cm³/mol. The summed E-state index contributed by atoms with van der Waals surface area (Å²) in [5, 5.41) is 9.81. The molecule has 1 amide bonds. The maximum atomic E-state index is 12.2. The molecule has 22 heavy (non-hydrogen) atoms. The van der Waals surface area contributed by atoms with Crippen molar-refractivity contribution in [3.63, 3.8) is 0 Å². The molecule has 1 saturated heterocycles. The van der Waals surface area contributed by atoms with Crippen LogP contribution in [0.15, 0.2) is 24.3 Å². The Morgan fingerprint density at radius 2 is 2.05 bits per heavy atom. The topological polar surface area (TPSA) is 57.6 Å². The molecule has 1 aromatic carbocycles. The number of carbonyl (C=O) groups excluding carboxylic acids is 1. The number of nitrogens with zero attached hydrogens (tertiary/aromatic N) is 1. The fourth-order valence-electron chi connectivity index (χ4n) is 2.67. The number of hydrogen-bond donors (Lipinski definition) is 1. The Balaban J connectivity index is 1.76.